The molecule has 7 heteroatoms. The zero-order valence-corrected chi connectivity index (χ0v) is 17.9. The first-order chi connectivity index (χ1) is 15.8. The van der Waals surface area contributed by atoms with E-state index >= 15 is 0 Å². The number of ketones is 1. The Morgan fingerprint density at radius 1 is 0.879 bits per heavy atom. The molecule has 0 aliphatic heterocycles. The van der Waals surface area contributed by atoms with E-state index in [9.17, 15) is 22.4 Å². The zero-order valence-electron chi connectivity index (χ0n) is 17.9. The van der Waals surface area contributed by atoms with E-state index in [1.807, 2.05) is 0 Å². The van der Waals surface area contributed by atoms with Gasteiger partial charge in [-0.1, -0.05) is 30.3 Å². The van der Waals surface area contributed by atoms with Crippen LogP contribution >= 0.6 is 0 Å². The molecule has 0 spiro atoms. The van der Waals surface area contributed by atoms with Crippen molar-refractivity contribution in [3.63, 3.8) is 0 Å². The lowest BCUT2D eigenvalue weighted by molar-refractivity contribution is 0.102. The van der Waals surface area contributed by atoms with E-state index in [0.717, 1.165) is 17.7 Å². The van der Waals surface area contributed by atoms with Gasteiger partial charge in [-0.15, -0.1) is 0 Å². The molecule has 3 aromatic rings. The molecule has 0 bridgehead atoms. The van der Waals surface area contributed by atoms with Gasteiger partial charge in [-0.2, -0.15) is 0 Å². The summed E-state index contributed by atoms with van der Waals surface area (Å²) in [4.78, 5) is 13.4. The van der Waals surface area contributed by atoms with Crippen molar-refractivity contribution in [2.24, 2.45) is 0 Å². The van der Waals surface area contributed by atoms with E-state index in [2.05, 4.69) is 0 Å². The molecule has 3 nitrogen and oxygen atoms in total. The standard InChI is InChI=1S/C26H20F4O3/c1-32-22-5-3-4-17(26(22)33-2)19-12-15(14-6-8-16(27)9-7-14)13-20(19)25(31)18-10-11-21(28)24(30)23(18)29/h3-11,13,15,19H,12H2,1-2H3. The summed E-state index contributed by atoms with van der Waals surface area (Å²) in [5.41, 5.74) is 1.04. The molecule has 2 unspecified atom stereocenters. The first kappa shape index (κ1) is 22.6. The van der Waals surface area contributed by atoms with Gasteiger partial charge in [-0.05, 0) is 42.3 Å². The Kier molecular flexibility index (Phi) is 6.22. The van der Waals surface area contributed by atoms with Gasteiger partial charge in [0.05, 0.1) is 19.8 Å². The predicted molar refractivity (Wildman–Crippen MR) is 115 cm³/mol. The van der Waals surface area contributed by atoms with Crippen LogP contribution in [0.3, 0.4) is 0 Å². The summed E-state index contributed by atoms with van der Waals surface area (Å²) >= 11 is 0. The molecule has 0 saturated carbocycles. The second-order valence-corrected chi connectivity index (χ2v) is 7.70. The number of hydrogen-bond donors (Lipinski definition) is 0. The van der Waals surface area contributed by atoms with Gasteiger partial charge in [0, 0.05) is 23.0 Å². The maximum Gasteiger partial charge on any atom is 0.195 e. The fourth-order valence-corrected chi connectivity index (χ4v) is 4.30. The molecular weight excluding hydrogens is 436 g/mol. The van der Waals surface area contributed by atoms with Gasteiger partial charge in [-0.25, -0.2) is 17.6 Å². The van der Waals surface area contributed by atoms with Gasteiger partial charge in [0.1, 0.15) is 5.82 Å². The van der Waals surface area contributed by atoms with Gasteiger partial charge >= 0.3 is 0 Å². The molecule has 0 fully saturated rings. The van der Waals surface area contributed by atoms with Crippen LogP contribution in [0.2, 0.25) is 0 Å². The molecule has 0 heterocycles. The number of para-hydroxylation sites is 1. The molecule has 4 rings (SSSR count). The van der Waals surface area contributed by atoms with E-state index in [1.165, 1.54) is 26.4 Å². The molecule has 0 saturated heterocycles. The van der Waals surface area contributed by atoms with Crippen LogP contribution in [0.5, 0.6) is 11.5 Å². The van der Waals surface area contributed by atoms with Gasteiger partial charge in [0.2, 0.25) is 0 Å². The van der Waals surface area contributed by atoms with Crippen LogP contribution in [-0.4, -0.2) is 20.0 Å². The highest BCUT2D eigenvalue weighted by atomic mass is 19.2. The van der Waals surface area contributed by atoms with Crippen molar-refractivity contribution >= 4 is 5.78 Å². The van der Waals surface area contributed by atoms with Crippen molar-refractivity contribution in [2.45, 2.75) is 18.3 Å². The number of rotatable bonds is 6. The van der Waals surface area contributed by atoms with E-state index in [0.29, 0.717) is 23.5 Å². The highest BCUT2D eigenvalue weighted by Gasteiger charge is 2.36. The highest BCUT2D eigenvalue weighted by Crippen LogP contribution is 2.48. The van der Waals surface area contributed by atoms with Crippen LogP contribution in [-0.2, 0) is 0 Å². The van der Waals surface area contributed by atoms with E-state index in [-0.39, 0.29) is 11.5 Å². The van der Waals surface area contributed by atoms with Crippen LogP contribution in [0.15, 0.2) is 66.2 Å². The number of halogens is 4. The number of allylic oxidation sites excluding steroid dienone is 2. The van der Waals surface area contributed by atoms with Crippen LogP contribution in [0, 0.1) is 23.3 Å². The summed E-state index contributed by atoms with van der Waals surface area (Å²) in [7, 11) is 2.95. The Hall–Kier alpha value is -3.61. The quantitative estimate of drug-likeness (QED) is 0.247. The fraction of sp³-hybridized carbons (Fsp3) is 0.192. The molecule has 2 atom stereocenters. The Bertz CT molecular complexity index is 1240. The minimum absolute atomic E-state index is 0.209. The minimum Gasteiger partial charge on any atom is -0.493 e. The summed E-state index contributed by atoms with van der Waals surface area (Å²) in [5, 5.41) is 0. The minimum atomic E-state index is -1.70. The number of benzene rings is 3. The molecule has 0 radical (unpaired) electrons. The summed E-state index contributed by atoms with van der Waals surface area (Å²) in [6.45, 7) is 0. The Morgan fingerprint density at radius 2 is 1.61 bits per heavy atom. The Morgan fingerprint density at radius 3 is 2.27 bits per heavy atom. The summed E-state index contributed by atoms with van der Waals surface area (Å²) in [6, 6.07) is 12.7. The molecule has 33 heavy (non-hydrogen) atoms. The highest BCUT2D eigenvalue weighted by molar-refractivity contribution is 6.10. The summed E-state index contributed by atoms with van der Waals surface area (Å²) in [6.07, 6.45) is 2.07. The van der Waals surface area contributed by atoms with Crippen LogP contribution in [0.1, 0.15) is 39.7 Å². The van der Waals surface area contributed by atoms with Crippen molar-refractivity contribution in [2.75, 3.05) is 14.2 Å². The monoisotopic (exact) mass is 456 g/mol. The molecular formula is C26H20F4O3. The van der Waals surface area contributed by atoms with Crippen molar-refractivity contribution in [3.8, 4) is 11.5 Å². The maximum atomic E-state index is 14.5. The molecule has 3 aromatic carbocycles. The molecule has 0 amide bonds. The Balaban J connectivity index is 1.84. The lowest BCUT2D eigenvalue weighted by atomic mass is 9.86. The Labute approximate surface area is 188 Å². The van der Waals surface area contributed by atoms with Gasteiger partial charge in [0.25, 0.3) is 0 Å². The molecule has 170 valence electrons. The number of methoxy groups -OCH3 is 2. The molecule has 1 aliphatic rings. The van der Waals surface area contributed by atoms with Crippen LogP contribution in [0.4, 0.5) is 17.6 Å². The van der Waals surface area contributed by atoms with Crippen LogP contribution < -0.4 is 9.47 Å². The number of carbonyl (C=O) groups excluding carboxylic acids is 1. The molecule has 1 aliphatic carbocycles. The summed E-state index contributed by atoms with van der Waals surface area (Å²) < 4.78 is 66.1. The predicted octanol–water partition coefficient (Wildman–Crippen LogP) is 6.34. The van der Waals surface area contributed by atoms with Gasteiger partial charge in [0.15, 0.2) is 34.7 Å². The fourth-order valence-electron chi connectivity index (χ4n) is 4.30. The lowest BCUT2D eigenvalue weighted by Gasteiger charge is -2.20. The van der Waals surface area contributed by atoms with Crippen molar-refractivity contribution < 1.29 is 31.8 Å². The van der Waals surface area contributed by atoms with Crippen molar-refractivity contribution in [1.82, 2.24) is 0 Å². The summed E-state index contributed by atoms with van der Waals surface area (Å²) in [5.74, 6) is -5.76. The van der Waals surface area contributed by atoms with Crippen LogP contribution in [0.25, 0.3) is 0 Å². The van der Waals surface area contributed by atoms with Crippen molar-refractivity contribution in [1.29, 1.82) is 0 Å². The average Bonchev–Trinajstić information content (AvgIpc) is 3.27. The SMILES string of the molecule is COc1cccc(C2CC(c3ccc(F)cc3)C=C2C(=O)c2ccc(F)c(F)c2F)c1OC. The van der Waals surface area contributed by atoms with E-state index in [1.54, 1.807) is 36.4 Å². The maximum absolute atomic E-state index is 14.5. The van der Waals surface area contributed by atoms with Gasteiger partial charge in [-0.3, -0.25) is 4.79 Å². The van der Waals surface area contributed by atoms with E-state index in [4.69, 9.17) is 9.47 Å². The topological polar surface area (TPSA) is 35.5 Å². The number of carbonyl (C=O) groups is 1. The lowest BCUT2D eigenvalue weighted by Crippen LogP contribution is -2.13. The molecule has 0 aromatic heterocycles. The second-order valence-electron chi connectivity index (χ2n) is 7.70. The van der Waals surface area contributed by atoms with Gasteiger partial charge < -0.3 is 9.47 Å². The third-order valence-electron chi connectivity index (χ3n) is 5.89. The first-order valence-corrected chi connectivity index (χ1v) is 10.2. The normalized spacial score (nSPS) is 17.6. The first-order valence-electron chi connectivity index (χ1n) is 10.2. The number of Topliss-reactive ketones (excluding diaryl/α,β-unsaturated/α-hetero) is 1. The number of ether oxygens (including phenoxy) is 2. The number of hydrogen-bond acceptors (Lipinski definition) is 3. The van der Waals surface area contributed by atoms with E-state index < -0.39 is 40.5 Å². The van der Waals surface area contributed by atoms with Crippen molar-refractivity contribution in [3.05, 3.63) is 106 Å². The largest absolute Gasteiger partial charge is 0.493 e. The second kappa shape index (κ2) is 9.10. The zero-order chi connectivity index (χ0) is 23.7. The smallest absolute Gasteiger partial charge is 0.195 e. The third kappa shape index (κ3) is 4.11. The molecule has 0 N–H and O–H groups in total. The average molecular weight is 456 g/mol. The third-order valence-corrected chi connectivity index (χ3v) is 5.89.